The van der Waals surface area contributed by atoms with E-state index in [0.29, 0.717) is 22.6 Å². The molecule has 94 valence electrons. The number of halogens is 2. The van der Waals surface area contributed by atoms with Crippen molar-refractivity contribution in [3.05, 3.63) is 34.6 Å². The molecule has 1 aromatic carbocycles. The smallest absolute Gasteiger partial charge is 0.159 e. The summed E-state index contributed by atoms with van der Waals surface area (Å²) in [5.74, 6) is 1.25. The van der Waals surface area contributed by atoms with E-state index < -0.39 is 0 Å². The first-order chi connectivity index (χ1) is 8.67. The molecule has 0 aliphatic carbocycles. The Morgan fingerprint density at radius 3 is 2.17 bits per heavy atom. The quantitative estimate of drug-likeness (QED) is 0.866. The van der Waals surface area contributed by atoms with Crippen molar-refractivity contribution in [1.29, 1.82) is 0 Å². The molecule has 1 aromatic heterocycles. The van der Waals surface area contributed by atoms with Crippen molar-refractivity contribution in [3.8, 4) is 22.6 Å². The molecule has 1 heterocycles. The molecular weight excluding hydrogens is 275 g/mol. The minimum atomic E-state index is 0.238. The molecule has 0 bridgehead atoms. The van der Waals surface area contributed by atoms with Crippen LogP contribution in [-0.2, 0) is 0 Å². The van der Waals surface area contributed by atoms with Crippen LogP contribution in [0.2, 0.25) is 10.3 Å². The summed E-state index contributed by atoms with van der Waals surface area (Å²) in [5, 5.41) is 7.95. The second kappa shape index (κ2) is 5.42. The van der Waals surface area contributed by atoms with Crippen LogP contribution in [0.1, 0.15) is 0 Å². The van der Waals surface area contributed by atoms with Gasteiger partial charge in [0.1, 0.15) is 11.5 Å². The lowest BCUT2D eigenvalue weighted by atomic mass is 10.1. The number of rotatable bonds is 3. The zero-order chi connectivity index (χ0) is 13.1. The van der Waals surface area contributed by atoms with E-state index in [0.717, 1.165) is 0 Å². The Kier molecular flexibility index (Phi) is 3.89. The minimum absolute atomic E-state index is 0.238. The van der Waals surface area contributed by atoms with Gasteiger partial charge >= 0.3 is 0 Å². The summed E-state index contributed by atoms with van der Waals surface area (Å²) in [6, 6.07) is 7.06. The van der Waals surface area contributed by atoms with E-state index in [4.69, 9.17) is 32.7 Å². The Labute approximate surface area is 114 Å². The van der Waals surface area contributed by atoms with Gasteiger partial charge in [-0.2, -0.15) is 0 Å². The molecule has 6 heteroatoms. The van der Waals surface area contributed by atoms with Gasteiger partial charge in [-0.05, 0) is 18.2 Å². The lowest BCUT2D eigenvalue weighted by Crippen LogP contribution is -1.95. The van der Waals surface area contributed by atoms with E-state index in [1.54, 1.807) is 20.3 Å². The summed E-state index contributed by atoms with van der Waals surface area (Å²) >= 11 is 11.9. The van der Waals surface area contributed by atoms with Crippen LogP contribution in [0, 0.1) is 0 Å². The average molecular weight is 285 g/mol. The van der Waals surface area contributed by atoms with Crippen LogP contribution in [0.4, 0.5) is 0 Å². The Bertz CT molecular complexity index is 554. The second-order valence-electron chi connectivity index (χ2n) is 3.41. The van der Waals surface area contributed by atoms with Gasteiger partial charge in [-0.1, -0.05) is 29.3 Å². The van der Waals surface area contributed by atoms with Crippen molar-refractivity contribution in [2.45, 2.75) is 0 Å². The molecule has 0 amide bonds. The fourth-order valence-electron chi connectivity index (χ4n) is 1.65. The predicted molar refractivity (Wildman–Crippen MR) is 70.6 cm³/mol. The lowest BCUT2D eigenvalue weighted by Gasteiger charge is -2.13. The van der Waals surface area contributed by atoms with Gasteiger partial charge in [0.05, 0.1) is 19.8 Å². The van der Waals surface area contributed by atoms with Crippen molar-refractivity contribution in [2.75, 3.05) is 14.2 Å². The molecule has 0 N–H and O–H groups in total. The van der Waals surface area contributed by atoms with Gasteiger partial charge in [0.2, 0.25) is 0 Å². The molecule has 2 aromatic rings. The maximum Gasteiger partial charge on any atom is 0.159 e. The zero-order valence-corrected chi connectivity index (χ0v) is 11.3. The molecule has 2 rings (SSSR count). The highest BCUT2D eigenvalue weighted by Gasteiger charge is 2.16. The number of ether oxygens (including phenoxy) is 2. The van der Waals surface area contributed by atoms with Gasteiger partial charge in [-0.15, -0.1) is 10.2 Å². The molecule has 0 saturated carbocycles. The number of hydrogen-bond donors (Lipinski definition) is 0. The molecule has 0 aliphatic rings. The van der Waals surface area contributed by atoms with Crippen LogP contribution >= 0.6 is 23.2 Å². The third-order valence-corrected chi connectivity index (χ3v) is 2.88. The van der Waals surface area contributed by atoms with E-state index in [9.17, 15) is 0 Å². The molecule has 4 nitrogen and oxygen atoms in total. The summed E-state index contributed by atoms with van der Waals surface area (Å²) in [7, 11) is 3.14. The molecule has 18 heavy (non-hydrogen) atoms. The molecule has 0 unspecified atom stereocenters. The third-order valence-electron chi connectivity index (χ3n) is 2.42. The van der Waals surface area contributed by atoms with E-state index in [2.05, 4.69) is 10.2 Å². The first-order valence-corrected chi connectivity index (χ1v) is 5.83. The SMILES string of the molecule is COc1cccc(OC)c1-c1cc(Cl)nnc1Cl. The van der Waals surface area contributed by atoms with Crippen LogP contribution in [0.15, 0.2) is 24.3 Å². The van der Waals surface area contributed by atoms with Crippen molar-refractivity contribution < 1.29 is 9.47 Å². The van der Waals surface area contributed by atoms with Crippen LogP contribution < -0.4 is 9.47 Å². The highest BCUT2D eigenvalue weighted by molar-refractivity contribution is 6.33. The summed E-state index contributed by atoms with van der Waals surface area (Å²) in [6.45, 7) is 0. The monoisotopic (exact) mass is 284 g/mol. The molecule has 0 spiro atoms. The van der Waals surface area contributed by atoms with Gasteiger partial charge in [0.15, 0.2) is 10.3 Å². The van der Waals surface area contributed by atoms with Crippen molar-refractivity contribution in [2.24, 2.45) is 0 Å². The maximum absolute atomic E-state index is 6.05. The Hall–Kier alpha value is -1.52. The topological polar surface area (TPSA) is 44.2 Å². The van der Waals surface area contributed by atoms with E-state index in [1.807, 2.05) is 18.2 Å². The molecule has 0 fully saturated rings. The van der Waals surface area contributed by atoms with Crippen LogP contribution in [-0.4, -0.2) is 24.4 Å². The van der Waals surface area contributed by atoms with Gasteiger partial charge in [0, 0.05) is 5.56 Å². The highest BCUT2D eigenvalue weighted by atomic mass is 35.5. The Morgan fingerprint density at radius 1 is 1.00 bits per heavy atom. The van der Waals surface area contributed by atoms with Crippen molar-refractivity contribution >= 4 is 23.2 Å². The van der Waals surface area contributed by atoms with Gasteiger partial charge in [-0.3, -0.25) is 0 Å². The average Bonchev–Trinajstić information content (AvgIpc) is 2.40. The number of aromatic nitrogens is 2. The fourth-order valence-corrected chi connectivity index (χ4v) is 1.98. The van der Waals surface area contributed by atoms with Crippen LogP contribution in [0.5, 0.6) is 11.5 Å². The normalized spacial score (nSPS) is 10.2. The number of methoxy groups -OCH3 is 2. The summed E-state index contributed by atoms with van der Waals surface area (Å²) < 4.78 is 10.6. The third kappa shape index (κ3) is 2.35. The lowest BCUT2D eigenvalue weighted by molar-refractivity contribution is 0.397. The number of benzene rings is 1. The first kappa shape index (κ1) is 12.9. The van der Waals surface area contributed by atoms with Crippen molar-refractivity contribution in [3.63, 3.8) is 0 Å². The minimum Gasteiger partial charge on any atom is -0.496 e. The van der Waals surface area contributed by atoms with Gasteiger partial charge in [-0.25, -0.2) is 0 Å². The summed E-state index contributed by atoms with van der Waals surface area (Å²) in [4.78, 5) is 0. The summed E-state index contributed by atoms with van der Waals surface area (Å²) in [5.41, 5.74) is 1.32. The van der Waals surface area contributed by atoms with E-state index in [1.165, 1.54) is 0 Å². The Morgan fingerprint density at radius 2 is 1.61 bits per heavy atom. The van der Waals surface area contributed by atoms with Gasteiger partial charge < -0.3 is 9.47 Å². The molecule has 0 radical (unpaired) electrons. The predicted octanol–water partition coefficient (Wildman–Crippen LogP) is 3.47. The second-order valence-corrected chi connectivity index (χ2v) is 4.15. The van der Waals surface area contributed by atoms with Crippen LogP contribution in [0.25, 0.3) is 11.1 Å². The van der Waals surface area contributed by atoms with E-state index in [-0.39, 0.29) is 10.3 Å². The molecule has 0 atom stereocenters. The van der Waals surface area contributed by atoms with Crippen molar-refractivity contribution in [1.82, 2.24) is 10.2 Å². The number of hydrogen-bond acceptors (Lipinski definition) is 4. The molecular formula is C12H10Cl2N2O2. The van der Waals surface area contributed by atoms with E-state index >= 15 is 0 Å². The summed E-state index contributed by atoms with van der Waals surface area (Å²) in [6.07, 6.45) is 0. The highest BCUT2D eigenvalue weighted by Crippen LogP contribution is 2.41. The standard InChI is InChI=1S/C12H10Cl2N2O2/c1-17-8-4-3-5-9(18-2)11(8)7-6-10(13)15-16-12(7)14/h3-6H,1-2H3. The number of nitrogens with zero attached hydrogens (tertiary/aromatic N) is 2. The largest absolute Gasteiger partial charge is 0.496 e. The first-order valence-electron chi connectivity index (χ1n) is 5.07. The fraction of sp³-hybridized carbons (Fsp3) is 0.167. The molecule has 0 aliphatic heterocycles. The van der Waals surface area contributed by atoms with Gasteiger partial charge in [0.25, 0.3) is 0 Å². The van der Waals surface area contributed by atoms with Crippen LogP contribution in [0.3, 0.4) is 0 Å². The maximum atomic E-state index is 6.05. The zero-order valence-electron chi connectivity index (χ0n) is 9.78. The molecule has 0 saturated heterocycles. The Balaban J connectivity index is 2.72.